The van der Waals surface area contributed by atoms with Crippen molar-refractivity contribution >= 4 is 34.7 Å². The third kappa shape index (κ3) is 3.04. The molecule has 2 rings (SSSR count). The van der Waals surface area contributed by atoms with Crippen LogP contribution < -0.4 is 0 Å². The van der Waals surface area contributed by atoms with Crippen LogP contribution in [0.1, 0.15) is 32.3 Å². The Hall–Kier alpha value is -1.62. The molecule has 0 bridgehead atoms. The van der Waals surface area contributed by atoms with Crippen LogP contribution in [0, 0.1) is 0 Å². The van der Waals surface area contributed by atoms with E-state index < -0.39 is 0 Å². The third-order valence-corrected chi connectivity index (χ3v) is 3.66. The minimum atomic E-state index is -0.0242. The molecule has 0 radical (unpaired) electrons. The maximum atomic E-state index is 11.7. The Morgan fingerprint density at radius 1 is 1.37 bits per heavy atom. The Labute approximate surface area is 117 Å². The van der Waals surface area contributed by atoms with Gasteiger partial charge in [0.25, 0.3) is 5.91 Å². The van der Waals surface area contributed by atoms with Crippen molar-refractivity contribution in [3.8, 4) is 0 Å². The van der Waals surface area contributed by atoms with Crippen molar-refractivity contribution in [2.45, 2.75) is 26.7 Å². The Kier molecular flexibility index (Phi) is 4.37. The van der Waals surface area contributed by atoms with E-state index in [0.29, 0.717) is 16.8 Å². The van der Waals surface area contributed by atoms with E-state index in [1.54, 1.807) is 13.1 Å². The van der Waals surface area contributed by atoms with Gasteiger partial charge in [0.15, 0.2) is 5.17 Å². The van der Waals surface area contributed by atoms with Gasteiger partial charge in [-0.15, -0.1) is 0 Å². The van der Waals surface area contributed by atoms with Crippen molar-refractivity contribution in [1.82, 2.24) is 5.01 Å². The number of amidine groups is 1. The molecule has 5 heteroatoms. The van der Waals surface area contributed by atoms with Gasteiger partial charge in [-0.05, 0) is 24.5 Å². The fourth-order valence-corrected chi connectivity index (χ4v) is 2.65. The number of para-hydroxylation sites is 1. The number of hydrazone groups is 1. The van der Waals surface area contributed by atoms with Crippen LogP contribution in [0.5, 0.6) is 0 Å². The first-order valence-electron chi connectivity index (χ1n) is 6.25. The second kappa shape index (κ2) is 6.02. The lowest BCUT2D eigenvalue weighted by Crippen LogP contribution is -2.23. The molecule has 0 N–H and O–H groups in total. The van der Waals surface area contributed by atoms with Gasteiger partial charge in [-0.1, -0.05) is 43.8 Å². The van der Waals surface area contributed by atoms with Gasteiger partial charge in [0.2, 0.25) is 0 Å². The van der Waals surface area contributed by atoms with E-state index in [2.05, 4.69) is 30.0 Å². The Morgan fingerprint density at radius 3 is 2.79 bits per heavy atom. The third-order valence-electron chi connectivity index (χ3n) is 2.75. The maximum Gasteiger partial charge on any atom is 0.259 e. The SMILES string of the molecule is C/C=N/N1C(=O)CSC1=Nc1ccccc1C(C)C. The molecule has 4 nitrogen and oxygen atoms in total. The first-order chi connectivity index (χ1) is 9.13. The van der Waals surface area contributed by atoms with Crippen LogP contribution in [0.25, 0.3) is 0 Å². The van der Waals surface area contributed by atoms with Crippen LogP contribution in [0.3, 0.4) is 0 Å². The van der Waals surface area contributed by atoms with E-state index in [9.17, 15) is 4.79 Å². The topological polar surface area (TPSA) is 45.0 Å². The highest BCUT2D eigenvalue weighted by molar-refractivity contribution is 8.15. The summed E-state index contributed by atoms with van der Waals surface area (Å²) >= 11 is 1.43. The first-order valence-corrected chi connectivity index (χ1v) is 7.24. The van der Waals surface area contributed by atoms with E-state index >= 15 is 0 Å². The molecule has 1 heterocycles. The summed E-state index contributed by atoms with van der Waals surface area (Å²) in [6, 6.07) is 8.01. The molecule has 0 saturated carbocycles. The molecule has 19 heavy (non-hydrogen) atoms. The molecule has 1 amide bonds. The Morgan fingerprint density at radius 2 is 2.11 bits per heavy atom. The molecule has 1 aromatic carbocycles. The summed E-state index contributed by atoms with van der Waals surface area (Å²) in [6.07, 6.45) is 1.60. The number of carbonyl (C=O) groups is 1. The zero-order valence-electron chi connectivity index (χ0n) is 11.3. The fraction of sp³-hybridized carbons (Fsp3) is 0.357. The van der Waals surface area contributed by atoms with Crippen LogP contribution in [0.4, 0.5) is 5.69 Å². The monoisotopic (exact) mass is 275 g/mol. The summed E-state index contributed by atoms with van der Waals surface area (Å²) in [7, 11) is 0. The van der Waals surface area contributed by atoms with Crippen molar-refractivity contribution in [3.05, 3.63) is 29.8 Å². The molecule has 0 aromatic heterocycles. The standard InChI is InChI=1S/C14H17N3OS/c1-4-15-17-13(18)9-19-14(17)16-12-8-6-5-7-11(12)10(2)3/h4-8,10H,9H2,1-3H3/b15-4+,16-14?. The van der Waals surface area contributed by atoms with Crippen LogP contribution in [0.2, 0.25) is 0 Å². The predicted molar refractivity (Wildman–Crippen MR) is 81.1 cm³/mol. The summed E-state index contributed by atoms with van der Waals surface area (Å²) in [5.41, 5.74) is 2.08. The van der Waals surface area contributed by atoms with Crippen LogP contribution in [-0.4, -0.2) is 28.1 Å². The van der Waals surface area contributed by atoms with Gasteiger partial charge in [0.1, 0.15) is 0 Å². The summed E-state index contributed by atoms with van der Waals surface area (Å²) in [6.45, 7) is 6.05. The molecule has 0 unspecified atom stereocenters. The van der Waals surface area contributed by atoms with Gasteiger partial charge in [0, 0.05) is 6.21 Å². The average Bonchev–Trinajstić information content (AvgIpc) is 2.72. The van der Waals surface area contributed by atoms with Gasteiger partial charge in [0.05, 0.1) is 11.4 Å². The zero-order valence-corrected chi connectivity index (χ0v) is 12.1. The van der Waals surface area contributed by atoms with Crippen LogP contribution in [0.15, 0.2) is 34.4 Å². The molecular formula is C14H17N3OS. The lowest BCUT2D eigenvalue weighted by atomic mass is 10.0. The number of carbonyl (C=O) groups excluding carboxylic acids is 1. The van der Waals surface area contributed by atoms with E-state index in [-0.39, 0.29) is 5.91 Å². The minimum Gasteiger partial charge on any atom is -0.271 e. The number of nitrogens with zero attached hydrogens (tertiary/aromatic N) is 3. The number of thioether (sulfide) groups is 1. The van der Waals surface area contributed by atoms with Crippen molar-refractivity contribution in [2.24, 2.45) is 10.1 Å². The largest absolute Gasteiger partial charge is 0.271 e. The van der Waals surface area contributed by atoms with Crippen molar-refractivity contribution in [3.63, 3.8) is 0 Å². The molecule has 1 fully saturated rings. The number of aliphatic imine (C=N–C) groups is 1. The quantitative estimate of drug-likeness (QED) is 0.794. The average molecular weight is 275 g/mol. The lowest BCUT2D eigenvalue weighted by Gasteiger charge is -2.12. The smallest absolute Gasteiger partial charge is 0.259 e. The molecule has 1 aliphatic rings. The second-order valence-corrected chi connectivity index (χ2v) is 5.42. The van der Waals surface area contributed by atoms with Crippen LogP contribution in [-0.2, 0) is 4.79 Å². The molecule has 1 aliphatic heterocycles. The van der Waals surface area contributed by atoms with Crippen LogP contribution >= 0.6 is 11.8 Å². The predicted octanol–water partition coefficient (Wildman–Crippen LogP) is 3.38. The highest BCUT2D eigenvalue weighted by Gasteiger charge is 2.28. The highest BCUT2D eigenvalue weighted by Crippen LogP contribution is 2.29. The second-order valence-electron chi connectivity index (χ2n) is 4.48. The van der Waals surface area contributed by atoms with Gasteiger partial charge < -0.3 is 0 Å². The number of hydrogen-bond donors (Lipinski definition) is 0. The molecular weight excluding hydrogens is 258 g/mol. The number of hydrogen-bond acceptors (Lipinski definition) is 4. The van der Waals surface area contributed by atoms with E-state index in [1.165, 1.54) is 22.3 Å². The Bertz CT molecular complexity index is 537. The number of benzene rings is 1. The van der Waals surface area contributed by atoms with Gasteiger partial charge in [-0.3, -0.25) is 4.79 Å². The molecule has 0 spiro atoms. The van der Waals surface area contributed by atoms with E-state index in [1.807, 2.05) is 18.2 Å². The molecule has 0 aliphatic carbocycles. The minimum absolute atomic E-state index is 0.0242. The van der Waals surface area contributed by atoms with E-state index in [0.717, 1.165) is 5.69 Å². The van der Waals surface area contributed by atoms with Gasteiger partial charge >= 0.3 is 0 Å². The van der Waals surface area contributed by atoms with Crippen molar-refractivity contribution < 1.29 is 4.79 Å². The van der Waals surface area contributed by atoms with Crippen molar-refractivity contribution in [1.29, 1.82) is 0 Å². The van der Waals surface area contributed by atoms with Crippen molar-refractivity contribution in [2.75, 3.05) is 5.75 Å². The summed E-state index contributed by atoms with van der Waals surface area (Å²) < 4.78 is 0. The first kappa shape index (κ1) is 13.8. The molecule has 0 atom stereocenters. The molecule has 1 aromatic rings. The molecule has 100 valence electrons. The number of rotatable bonds is 3. The van der Waals surface area contributed by atoms with Gasteiger partial charge in [-0.2, -0.15) is 10.1 Å². The normalized spacial score (nSPS) is 18.2. The summed E-state index contributed by atoms with van der Waals surface area (Å²) in [5.74, 6) is 0.773. The number of amides is 1. The fourth-order valence-electron chi connectivity index (χ4n) is 1.84. The van der Waals surface area contributed by atoms with Gasteiger partial charge in [-0.25, -0.2) is 4.99 Å². The highest BCUT2D eigenvalue weighted by atomic mass is 32.2. The zero-order chi connectivity index (χ0) is 13.8. The lowest BCUT2D eigenvalue weighted by molar-refractivity contribution is -0.124. The summed E-state index contributed by atoms with van der Waals surface area (Å²) in [5, 5.41) is 6.09. The maximum absolute atomic E-state index is 11.7. The Balaban J connectivity index is 2.38. The van der Waals surface area contributed by atoms with E-state index in [4.69, 9.17) is 0 Å². The molecule has 1 saturated heterocycles. The summed E-state index contributed by atoms with van der Waals surface area (Å²) in [4.78, 5) is 16.3.